The maximum atomic E-state index is 4.75. The molecule has 1 unspecified atom stereocenters. The highest BCUT2D eigenvalue weighted by Gasteiger charge is 2.23. The van der Waals surface area contributed by atoms with Gasteiger partial charge in [0.05, 0.1) is 12.2 Å². The first-order valence-electron chi connectivity index (χ1n) is 7.67. The van der Waals surface area contributed by atoms with E-state index in [9.17, 15) is 0 Å². The van der Waals surface area contributed by atoms with Gasteiger partial charge in [-0.25, -0.2) is 0 Å². The van der Waals surface area contributed by atoms with Crippen LogP contribution in [0.2, 0.25) is 0 Å². The molecule has 3 nitrogen and oxygen atoms in total. The molecule has 0 aliphatic carbocycles. The molecular formula is C17H23N3S. The Bertz CT molecular complexity index is 608. The van der Waals surface area contributed by atoms with E-state index in [2.05, 4.69) is 55.0 Å². The first kappa shape index (κ1) is 14.7. The SMILES string of the molecule is CCNCc1c(C)nn(CC2Cc3ccccc3S2)c1C. The molecule has 0 fully saturated rings. The van der Waals surface area contributed by atoms with Crippen molar-refractivity contribution in [1.29, 1.82) is 0 Å². The molecule has 1 aromatic carbocycles. The van der Waals surface area contributed by atoms with Crippen molar-refractivity contribution in [2.75, 3.05) is 6.54 Å². The van der Waals surface area contributed by atoms with Crippen molar-refractivity contribution >= 4 is 11.8 Å². The zero-order valence-electron chi connectivity index (χ0n) is 13.0. The normalized spacial score (nSPS) is 17.2. The van der Waals surface area contributed by atoms with Gasteiger partial charge in [-0.05, 0) is 38.4 Å². The first-order chi connectivity index (χ1) is 10.2. The lowest BCUT2D eigenvalue weighted by atomic mass is 10.1. The number of aryl methyl sites for hydroxylation is 1. The van der Waals surface area contributed by atoms with Crippen molar-refractivity contribution in [3.63, 3.8) is 0 Å². The Hall–Kier alpha value is -1.26. The molecule has 21 heavy (non-hydrogen) atoms. The maximum Gasteiger partial charge on any atom is 0.0641 e. The van der Waals surface area contributed by atoms with Crippen LogP contribution in [0.3, 0.4) is 0 Å². The summed E-state index contributed by atoms with van der Waals surface area (Å²) in [7, 11) is 0. The Balaban J connectivity index is 1.72. The summed E-state index contributed by atoms with van der Waals surface area (Å²) in [6.07, 6.45) is 1.15. The molecule has 0 radical (unpaired) electrons. The Morgan fingerprint density at radius 2 is 2.14 bits per heavy atom. The summed E-state index contributed by atoms with van der Waals surface area (Å²) in [5.41, 5.74) is 5.32. The second kappa shape index (κ2) is 6.24. The van der Waals surface area contributed by atoms with Crippen LogP contribution in [0, 0.1) is 13.8 Å². The second-order valence-electron chi connectivity index (χ2n) is 5.66. The summed E-state index contributed by atoms with van der Waals surface area (Å²) in [6.45, 7) is 9.37. The number of aromatic nitrogens is 2. The van der Waals surface area contributed by atoms with Crippen LogP contribution in [0.25, 0.3) is 0 Å². The smallest absolute Gasteiger partial charge is 0.0641 e. The van der Waals surface area contributed by atoms with Crippen LogP contribution in [0.5, 0.6) is 0 Å². The van der Waals surface area contributed by atoms with Gasteiger partial charge in [0, 0.05) is 27.9 Å². The van der Waals surface area contributed by atoms with Crippen LogP contribution in [0.15, 0.2) is 29.2 Å². The zero-order chi connectivity index (χ0) is 14.8. The van der Waals surface area contributed by atoms with Gasteiger partial charge in [0.1, 0.15) is 0 Å². The van der Waals surface area contributed by atoms with Crippen molar-refractivity contribution in [2.45, 2.75) is 50.4 Å². The lowest BCUT2D eigenvalue weighted by Gasteiger charge is -2.11. The topological polar surface area (TPSA) is 29.9 Å². The summed E-state index contributed by atoms with van der Waals surface area (Å²) >= 11 is 2.00. The number of nitrogens with one attached hydrogen (secondary N) is 1. The number of benzene rings is 1. The van der Waals surface area contributed by atoms with E-state index >= 15 is 0 Å². The van der Waals surface area contributed by atoms with Gasteiger partial charge in [0.15, 0.2) is 0 Å². The van der Waals surface area contributed by atoms with E-state index in [1.165, 1.54) is 21.7 Å². The number of fused-ring (bicyclic) bond motifs is 1. The minimum Gasteiger partial charge on any atom is -0.313 e. The number of hydrogen-bond acceptors (Lipinski definition) is 3. The molecule has 0 saturated carbocycles. The Kier molecular flexibility index (Phi) is 4.36. The van der Waals surface area contributed by atoms with Gasteiger partial charge in [-0.1, -0.05) is 25.1 Å². The highest BCUT2D eigenvalue weighted by Crippen LogP contribution is 2.37. The van der Waals surface area contributed by atoms with Gasteiger partial charge in [0.25, 0.3) is 0 Å². The van der Waals surface area contributed by atoms with E-state index in [-0.39, 0.29) is 0 Å². The highest BCUT2D eigenvalue weighted by molar-refractivity contribution is 8.00. The lowest BCUT2D eigenvalue weighted by Crippen LogP contribution is -2.16. The minimum absolute atomic E-state index is 0.604. The molecule has 1 N–H and O–H groups in total. The van der Waals surface area contributed by atoms with Crippen molar-refractivity contribution in [1.82, 2.24) is 15.1 Å². The molecule has 1 aliphatic rings. The quantitative estimate of drug-likeness (QED) is 0.919. The van der Waals surface area contributed by atoms with E-state index in [4.69, 9.17) is 5.10 Å². The number of rotatable bonds is 5. The van der Waals surface area contributed by atoms with Crippen LogP contribution >= 0.6 is 11.8 Å². The Labute approximate surface area is 131 Å². The molecule has 0 saturated heterocycles. The van der Waals surface area contributed by atoms with Crippen molar-refractivity contribution < 1.29 is 0 Å². The summed E-state index contributed by atoms with van der Waals surface area (Å²) in [6, 6.07) is 8.75. The molecule has 1 aliphatic heterocycles. The van der Waals surface area contributed by atoms with Crippen molar-refractivity contribution in [3.8, 4) is 0 Å². The Morgan fingerprint density at radius 3 is 2.90 bits per heavy atom. The molecule has 3 rings (SSSR count). The molecule has 1 aromatic heterocycles. The van der Waals surface area contributed by atoms with E-state index in [0.29, 0.717) is 5.25 Å². The van der Waals surface area contributed by atoms with Gasteiger partial charge >= 0.3 is 0 Å². The van der Waals surface area contributed by atoms with E-state index in [0.717, 1.165) is 31.7 Å². The fourth-order valence-corrected chi connectivity index (χ4v) is 4.26. The molecular weight excluding hydrogens is 278 g/mol. The van der Waals surface area contributed by atoms with E-state index in [1.807, 2.05) is 11.8 Å². The zero-order valence-corrected chi connectivity index (χ0v) is 13.8. The van der Waals surface area contributed by atoms with Gasteiger partial charge in [-0.3, -0.25) is 4.68 Å². The molecule has 0 spiro atoms. The summed E-state index contributed by atoms with van der Waals surface area (Å²) < 4.78 is 2.20. The second-order valence-corrected chi connectivity index (χ2v) is 7.01. The van der Waals surface area contributed by atoms with Gasteiger partial charge in [0.2, 0.25) is 0 Å². The third-order valence-electron chi connectivity index (χ3n) is 4.17. The standard InChI is InChI=1S/C17H23N3S/c1-4-18-10-16-12(2)19-20(13(16)3)11-15-9-14-7-5-6-8-17(14)21-15/h5-8,15,18H,4,9-11H2,1-3H3. The van der Waals surface area contributed by atoms with Crippen molar-refractivity contribution in [3.05, 3.63) is 46.8 Å². The molecule has 112 valence electrons. The van der Waals surface area contributed by atoms with E-state index < -0.39 is 0 Å². The van der Waals surface area contributed by atoms with Crippen LogP contribution in [0.1, 0.15) is 29.4 Å². The predicted octanol–water partition coefficient (Wildman–Crippen LogP) is 3.33. The number of nitrogens with zero attached hydrogens (tertiary/aromatic N) is 2. The highest BCUT2D eigenvalue weighted by atomic mass is 32.2. The third kappa shape index (κ3) is 3.01. The summed E-state index contributed by atoms with van der Waals surface area (Å²) in [5.74, 6) is 0. The lowest BCUT2D eigenvalue weighted by molar-refractivity contribution is 0.575. The number of thioether (sulfide) groups is 1. The molecule has 1 atom stereocenters. The average Bonchev–Trinajstić information content (AvgIpc) is 2.99. The predicted molar refractivity (Wildman–Crippen MR) is 88.9 cm³/mol. The minimum atomic E-state index is 0.604. The Morgan fingerprint density at radius 1 is 1.33 bits per heavy atom. The van der Waals surface area contributed by atoms with Crippen LogP contribution in [-0.4, -0.2) is 21.6 Å². The molecule has 0 bridgehead atoms. The third-order valence-corrected chi connectivity index (χ3v) is 5.47. The largest absolute Gasteiger partial charge is 0.313 e. The first-order valence-corrected chi connectivity index (χ1v) is 8.55. The van der Waals surface area contributed by atoms with Crippen LogP contribution in [0.4, 0.5) is 0 Å². The average molecular weight is 301 g/mol. The molecule has 4 heteroatoms. The monoisotopic (exact) mass is 301 g/mol. The maximum absolute atomic E-state index is 4.75. The van der Waals surface area contributed by atoms with E-state index in [1.54, 1.807) is 0 Å². The fraction of sp³-hybridized carbons (Fsp3) is 0.471. The van der Waals surface area contributed by atoms with Crippen LogP contribution in [-0.2, 0) is 19.5 Å². The molecule has 2 aromatic rings. The number of hydrogen-bond donors (Lipinski definition) is 1. The fourth-order valence-electron chi connectivity index (χ4n) is 2.97. The van der Waals surface area contributed by atoms with Crippen LogP contribution < -0.4 is 5.32 Å². The summed E-state index contributed by atoms with van der Waals surface area (Å²) in [4.78, 5) is 1.44. The molecule has 0 amide bonds. The van der Waals surface area contributed by atoms with Gasteiger partial charge in [-0.2, -0.15) is 5.10 Å². The van der Waals surface area contributed by atoms with Gasteiger partial charge < -0.3 is 5.32 Å². The molecule has 2 heterocycles. The summed E-state index contributed by atoms with van der Waals surface area (Å²) in [5, 5.41) is 8.77. The van der Waals surface area contributed by atoms with Crippen molar-refractivity contribution in [2.24, 2.45) is 0 Å². The van der Waals surface area contributed by atoms with Gasteiger partial charge in [-0.15, -0.1) is 11.8 Å².